The van der Waals surface area contributed by atoms with Crippen LogP contribution in [0.25, 0.3) is 0 Å². The Labute approximate surface area is 122 Å². The van der Waals surface area contributed by atoms with Crippen LogP contribution in [0.1, 0.15) is 25.0 Å². The maximum absolute atomic E-state index is 11.9. The Bertz CT molecular complexity index is 584. The van der Waals surface area contributed by atoms with E-state index in [1.807, 2.05) is 0 Å². The number of nitrogens with one attached hydrogen (secondary N) is 1. The highest BCUT2D eigenvalue weighted by atomic mass is 32.2. The van der Waals surface area contributed by atoms with Crippen LogP contribution in [0.3, 0.4) is 0 Å². The first kappa shape index (κ1) is 16.5. The van der Waals surface area contributed by atoms with E-state index < -0.39 is 15.9 Å². The fourth-order valence-electron chi connectivity index (χ4n) is 1.40. The van der Waals surface area contributed by atoms with E-state index in [9.17, 15) is 13.2 Å². The molecule has 20 heavy (non-hydrogen) atoms. The highest BCUT2D eigenvalue weighted by molar-refractivity contribution is 7.89. The zero-order valence-corrected chi connectivity index (χ0v) is 12.3. The molecule has 7 nitrogen and oxygen atoms in total. The molecule has 1 heterocycles. The molecule has 0 unspecified atom stereocenters. The van der Waals surface area contributed by atoms with Crippen molar-refractivity contribution in [1.29, 1.82) is 0 Å². The van der Waals surface area contributed by atoms with Gasteiger partial charge in [0.05, 0.1) is 5.69 Å². The lowest BCUT2D eigenvalue weighted by Crippen LogP contribution is -2.25. The van der Waals surface area contributed by atoms with Gasteiger partial charge < -0.3 is 11.5 Å². The van der Waals surface area contributed by atoms with Gasteiger partial charge in [-0.25, -0.2) is 13.1 Å². The van der Waals surface area contributed by atoms with Crippen molar-refractivity contribution in [1.82, 2.24) is 9.71 Å². The van der Waals surface area contributed by atoms with Gasteiger partial charge in [0.1, 0.15) is 9.88 Å². The SMILES string of the molecule is NC(=O)CCCCNS(=O)(=O)c1ccc(C(N)=S)nc1. The molecular weight excluding hydrogens is 300 g/mol. The third-order valence-electron chi connectivity index (χ3n) is 2.44. The van der Waals surface area contributed by atoms with E-state index in [0.717, 1.165) is 0 Å². The van der Waals surface area contributed by atoms with Crippen LogP contribution in [-0.2, 0) is 14.8 Å². The molecule has 0 spiro atoms. The highest BCUT2D eigenvalue weighted by Gasteiger charge is 2.14. The van der Waals surface area contributed by atoms with Crippen LogP contribution in [0.4, 0.5) is 0 Å². The van der Waals surface area contributed by atoms with Crippen LogP contribution in [0.5, 0.6) is 0 Å². The lowest BCUT2D eigenvalue weighted by Gasteiger charge is -2.06. The number of sulfonamides is 1. The molecule has 0 bridgehead atoms. The monoisotopic (exact) mass is 316 g/mol. The Morgan fingerprint density at radius 2 is 2.00 bits per heavy atom. The van der Waals surface area contributed by atoms with Crippen molar-refractivity contribution in [3.05, 3.63) is 24.0 Å². The summed E-state index contributed by atoms with van der Waals surface area (Å²) in [5.41, 5.74) is 10.7. The Kier molecular flexibility index (Phi) is 5.99. The Balaban J connectivity index is 2.56. The van der Waals surface area contributed by atoms with Gasteiger partial charge in [0, 0.05) is 19.2 Å². The summed E-state index contributed by atoms with van der Waals surface area (Å²) in [5, 5.41) is 0. The molecule has 110 valence electrons. The molecule has 5 N–H and O–H groups in total. The summed E-state index contributed by atoms with van der Waals surface area (Å²) >= 11 is 4.73. The molecule has 0 saturated heterocycles. The summed E-state index contributed by atoms with van der Waals surface area (Å²) < 4.78 is 26.2. The van der Waals surface area contributed by atoms with Crippen LogP contribution in [0.2, 0.25) is 0 Å². The molecule has 0 aliphatic heterocycles. The number of unbranched alkanes of at least 4 members (excludes halogenated alkanes) is 1. The number of pyridine rings is 1. The quantitative estimate of drug-likeness (QED) is 0.444. The maximum Gasteiger partial charge on any atom is 0.242 e. The minimum atomic E-state index is -3.62. The number of amides is 1. The van der Waals surface area contributed by atoms with Crippen LogP contribution < -0.4 is 16.2 Å². The number of hydrogen-bond donors (Lipinski definition) is 3. The number of nitrogens with zero attached hydrogens (tertiary/aromatic N) is 1. The van der Waals surface area contributed by atoms with Crippen LogP contribution in [0, 0.1) is 0 Å². The topological polar surface area (TPSA) is 128 Å². The molecule has 1 aromatic heterocycles. The van der Waals surface area contributed by atoms with Gasteiger partial charge in [-0.2, -0.15) is 0 Å². The van der Waals surface area contributed by atoms with Crippen LogP contribution >= 0.6 is 12.2 Å². The first-order chi connectivity index (χ1) is 9.33. The Morgan fingerprint density at radius 1 is 1.30 bits per heavy atom. The number of carbonyl (C=O) groups is 1. The van der Waals surface area contributed by atoms with E-state index in [1.54, 1.807) is 0 Å². The maximum atomic E-state index is 11.9. The van der Waals surface area contributed by atoms with E-state index in [2.05, 4.69) is 9.71 Å². The van der Waals surface area contributed by atoms with Gasteiger partial charge in [0.25, 0.3) is 0 Å². The van der Waals surface area contributed by atoms with Gasteiger partial charge in [-0.15, -0.1) is 0 Å². The van der Waals surface area contributed by atoms with Crippen molar-refractivity contribution in [3.8, 4) is 0 Å². The largest absolute Gasteiger partial charge is 0.388 e. The molecule has 0 atom stereocenters. The Hall–Kier alpha value is -1.58. The van der Waals surface area contributed by atoms with Gasteiger partial charge >= 0.3 is 0 Å². The predicted molar refractivity (Wildman–Crippen MR) is 78.4 cm³/mol. The lowest BCUT2D eigenvalue weighted by atomic mass is 10.2. The van der Waals surface area contributed by atoms with Crippen molar-refractivity contribution in [2.75, 3.05) is 6.54 Å². The zero-order valence-electron chi connectivity index (χ0n) is 10.7. The third-order valence-corrected chi connectivity index (χ3v) is 4.10. The molecule has 0 aliphatic carbocycles. The van der Waals surface area contributed by atoms with E-state index in [1.165, 1.54) is 18.3 Å². The van der Waals surface area contributed by atoms with Gasteiger partial charge in [-0.3, -0.25) is 9.78 Å². The number of carbonyl (C=O) groups excluding carboxylic acids is 1. The number of nitrogens with two attached hydrogens (primary N) is 2. The molecule has 0 aliphatic rings. The van der Waals surface area contributed by atoms with Crippen molar-refractivity contribution in [3.63, 3.8) is 0 Å². The number of rotatable bonds is 8. The lowest BCUT2D eigenvalue weighted by molar-refractivity contribution is -0.118. The minimum absolute atomic E-state index is 0.0346. The second-order valence-corrected chi connectivity index (χ2v) is 6.27. The number of aromatic nitrogens is 1. The normalized spacial score (nSPS) is 11.2. The van der Waals surface area contributed by atoms with Gasteiger partial charge in [-0.05, 0) is 25.0 Å². The van der Waals surface area contributed by atoms with Gasteiger partial charge in [-0.1, -0.05) is 12.2 Å². The van der Waals surface area contributed by atoms with E-state index in [-0.39, 0.29) is 22.8 Å². The van der Waals surface area contributed by atoms with Gasteiger partial charge in [0.2, 0.25) is 15.9 Å². The van der Waals surface area contributed by atoms with Crippen molar-refractivity contribution in [2.45, 2.75) is 24.2 Å². The summed E-state index contributed by atoms with van der Waals surface area (Å²) in [4.78, 5) is 14.5. The first-order valence-electron chi connectivity index (χ1n) is 5.87. The molecule has 0 saturated carbocycles. The molecular formula is C11H16N4O3S2. The molecule has 9 heteroatoms. The van der Waals surface area contributed by atoms with Crippen molar-refractivity contribution < 1.29 is 13.2 Å². The molecule has 0 radical (unpaired) electrons. The fraction of sp³-hybridized carbons (Fsp3) is 0.364. The molecule has 1 amide bonds. The van der Waals surface area contributed by atoms with E-state index in [0.29, 0.717) is 18.5 Å². The second-order valence-electron chi connectivity index (χ2n) is 4.06. The van der Waals surface area contributed by atoms with E-state index >= 15 is 0 Å². The Morgan fingerprint density at radius 3 is 2.50 bits per heavy atom. The van der Waals surface area contributed by atoms with Crippen molar-refractivity contribution >= 4 is 33.1 Å². The van der Waals surface area contributed by atoms with Crippen molar-refractivity contribution in [2.24, 2.45) is 11.5 Å². The predicted octanol–water partition coefficient (Wildman–Crippen LogP) is -0.350. The minimum Gasteiger partial charge on any atom is -0.388 e. The molecule has 1 aromatic rings. The average Bonchev–Trinajstić information content (AvgIpc) is 2.38. The number of hydrogen-bond acceptors (Lipinski definition) is 5. The smallest absolute Gasteiger partial charge is 0.242 e. The first-order valence-corrected chi connectivity index (χ1v) is 7.76. The average molecular weight is 316 g/mol. The number of primary amides is 1. The summed E-state index contributed by atoms with van der Waals surface area (Å²) in [6.45, 7) is 0.229. The standard InChI is InChI=1S/C11H16N4O3S2/c12-10(16)3-1-2-6-15-20(17,18)8-4-5-9(11(13)19)14-7-8/h4-5,7,15H,1-3,6H2,(H2,12,16)(H2,13,19). The summed E-state index contributed by atoms with van der Waals surface area (Å²) in [7, 11) is -3.62. The van der Waals surface area contributed by atoms with Crippen LogP contribution in [-0.4, -0.2) is 30.8 Å². The highest BCUT2D eigenvalue weighted by Crippen LogP contribution is 2.08. The molecule has 0 aromatic carbocycles. The molecule has 1 rings (SSSR count). The fourth-order valence-corrected chi connectivity index (χ4v) is 2.54. The van der Waals surface area contributed by atoms with E-state index in [4.69, 9.17) is 23.7 Å². The zero-order chi connectivity index (χ0) is 15.2. The van der Waals surface area contributed by atoms with Gasteiger partial charge in [0.15, 0.2) is 0 Å². The summed E-state index contributed by atoms with van der Waals surface area (Å²) in [5.74, 6) is -0.398. The summed E-state index contributed by atoms with van der Waals surface area (Å²) in [6, 6.07) is 2.83. The second kappa shape index (κ2) is 7.27. The van der Waals surface area contributed by atoms with Crippen LogP contribution in [0.15, 0.2) is 23.2 Å². The third kappa shape index (κ3) is 5.19. The molecule has 0 fully saturated rings. The summed E-state index contributed by atoms with van der Waals surface area (Å²) in [6.07, 6.45) is 2.50. The number of thiocarbonyl (C=S) groups is 1.